The molecular weight excluding hydrogens is 158 g/mol. The van der Waals surface area contributed by atoms with Gasteiger partial charge in [-0.2, -0.15) is 0 Å². The molecule has 0 aliphatic carbocycles. The molecule has 1 unspecified atom stereocenters. The first-order valence-electron chi connectivity index (χ1n) is 4.49. The van der Waals surface area contributed by atoms with Crippen LogP contribution in [-0.2, 0) is 0 Å². The van der Waals surface area contributed by atoms with Gasteiger partial charge in [0.1, 0.15) is 0 Å². The summed E-state index contributed by atoms with van der Waals surface area (Å²) in [5.41, 5.74) is 0. The van der Waals surface area contributed by atoms with Crippen LogP contribution in [0.2, 0.25) is 0 Å². The average molecular weight is 178 g/mol. The summed E-state index contributed by atoms with van der Waals surface area (Å²) in [5, 5.41) is 0. The fourth-order valence-electron chi connectivity index (χ4n) is 2.13. The van der Waals surface area contributed by atoms with E-state index in [1.54, 1.807) is 0 Å². The van der Waals surface area contributed by atoms with E-state index in [4.69, 9.17) is 0 Å². The fourth-order valence-corrected chi connectivity index (χ4v) is 2.13. The summed E-state index contributed by atoms with van der Waals surface area (Å²) in [6.45, 7) is 3.70. The van der Waals surface area contributed by atoms with E-state index < -0.39 is 0 Å². The molecule has 1 rings (SSSR count). The van der Waals surface area contributed by atoms with E-state index >= 15 is 0 Å². The predicted octanol–water partition coefficient (Wildman–Crippen LogP) is -0.971. The molecule has 1 aliphatic rings. The first-order valence-corrected chi connectivity index (χ1v) is 4.49. The highest BCUT2D eigenvalue weighted by Crippen LogP contribution is 2.23. The van der Waals surface area contributed by atoms with Crippen LogP contribution in [0.15, 0.2) is 0 Å². The van der Waals surface area contributed by atoms with Gasteiger partial charge >= 0.3 is 0 Å². The van der Waals surface area contributed by atoms with Crippen LogP contribution in [0, 0.1) is 0 Å². The molecule has 0 amide bonds. The summed E-state index contributed by atoms with van der Waals surface area (Å²) in [5.74, 6) is 0. The number of hydrogen-bond donors (Lipinski definition) is 0. The molecule has 0 aromatic rings. The highest BCUT2D eigenvalue weighted by Gasteiger charge is 2.29. The first-order chi connectivity index (χ1) is 4.67. The molecule has 1 atom stereocenters. The molecular formula is C9H20ClN. The molecule has 0 spiro atoms. The highest BCUT2D eigenvalue weighted by atomic mass is 35.5. The quantitative estimate of drug-likeness (QED) is 0.453. The Hall–Kier alpha value is 0.250. The van der Waals surface area contributed by atoms with Crippen LogP contribution in [0.5, 0.6) is 0 Å². The van der Waals surface area contributed by atoms with Crippen molar-refractivity contribution in [2.24, 2.45) is 0 Å². The lowest BCUT2D eigenvalue weighted by Gasteiger charge is -2.41. The van der Waals surface area contributed by atoms with Crippen molar-refractivity contribution >= 4 is 0 Å². The molecule has 0 aromatic heterocycles. The van der Waals surface area contributed by atoms with Crippen molar-refractivity contribution in [1.29, 1.82) is 0 Å². The van der Waals surface area contributed by atoms with Gasteiger partial charge < -0.3 is 16.9 Å². The van der Waals surface area contributed by atoms with E-state index in [1.165, 1.54) is 36.7 Å². The summed E-state index contributed by atoms with van der Waals surface area (Å²) < 4.78 is 1.26. The number of likely N-dealkylation sites (tertiary alicyclic amines) is 1. The monoisotopic (exact) mass is 177 g/mol. The normalized spacial score (nSPS) is 29.2. The molecule has 1 fully saturated rings. The highest BCUT2D eigenvalue weighted by molar-refractivity contribution is 4.61. The minimum Gasteiger partial charge on any atom is -1.00 e. The number of halogens is 1. The van der Waals surface area contributed by atoms with Gasteiger partial charge in [-0.25, -0.2) is 0 Å². The molecule has 0 radical (unpaired) electrons. The summed E-state index contributed by atoms with van der Waals surface area (Å²) in [6, 6.07) is 0.939. The van der Waals surface area contributed by atoms with Gasteiger partial charge in [0, 0.05) is 0 Å². The van der Waals surface area contributed by atoms with Crippen molar-refractivity contribution < 1.29 is 16.9 Å². The summed E-state index contributed by atoms with van der Waals surface area (Å²) in [7, 11) is 4.74. The third kappa shape index (κ3) is 2.64. The number of piperidine rings is 1. The zero-order valence-electron chi connectivity index (χ0n) is 7.94. The Morgan fingerprint density at radius 1 is 1.27 bits per heavy atom. The molecule has 0 saturated carbocycles. The van der Waals surface area contributed by atoms with Crippen molar-refractivity contribution in [3.05, 3.63) is 0 Å². The molecule has 0 aromatic carbocycles. The second kappa shape index (κ2) is 4.32. The largest absolute Gasteiger partial charge is 1.00 e. The Labute approximate surface area is 76.8 Å². The maximum Gasteiger partial charge on any atom is 0.0883 e. The van der Waals surface area contributed by atoms with Gasteiger partial charge in [-0.15, -0.1) is 0 Å². The maximum atomic E-state index is 2.37. The number of nitrogens with zero attached hydrogens (tertiary/aromatic N) is 1. The lowest BCUT2D eigenvalue weighted by Crippen LogP contribution is -3.00. The first kappa shape index (κ1) is 11.2. The summed E-state index contributed by atoms with van der Waals surface area (Å²) in [6.07, 6.45) is 5.69. The molecule has 1 nitrogen and oxygen atoms in total. The van der Waals surface area contributed by atoms with Crippen LogP contribution < -0.4 is 12.4 Å². The van der Waals surface area contributed by atoms with Crippen molar-refractivity contribution in [1.82, 2.24) is 0 Å². The smallest absolute Gasteiger partial charge is 0.0883 e. The molecule has 2 heteroatoms. The van der Waals surface area contributed by atoms with Crippen LogP contribution in [0.1, 0.15) is 32.6 Å². The lowest BCUT2D eigenvalue weighted by atomic mass is 9.98. The standard InChI is InChI=1S/C9H20N.ClH/c1-4-9-7-5-6-8-10(9,2)3;/h9H,4-8H2,1-3H3;1H/q+1;/p-1. The van der Waals surface area contributed by atoms with Gasteiger partial charge in [-0.05, 0) is 25.7 Å². The van der Waals surface area contributed by atoms with Gasteiger partial charge in [0.25, 0.3) is 0 Å². The van der Waals surface area contributed by atoms with E-state index in [9.17, 15) is 0 Å². The number of hydrogen-bond acceptors (Lipinski definition) is 0. The third-order valence-electron chi connectivity index (χ3n) is 2.98. The molecule has 1 heterocycles. The minimum atomic E-state index is 0. The van der Waals surface area contributed by atoms with Crippen LogP contribution in [0.3, 0.4) is 0 Å². The van der Waals surface area contributed by atoms with Crippen molar-refractivity contribution in [3.63, 3.8) is 0 Å². The van der Waals surface area contributed by atoms with Gasteiger partial charge in [0.15, 0.2) is 0 Å². The van der Waals surface area contributed by atoms with Gasteiger partial charge in [-0.3, -0.25) is 0 Å². The lowest BCUT2D eigenvalue weighted by molar-refractivity contribution is -0.920. The zero-order valence-corrected chi connectivity index (χ0v) is 8.69. The number of quaternary nitrogens is 1. The van der Waals surface area contributed by atoms with Crippen LogP contribution in [-0.4, -0.2) is 31.2 Å². The molecule has 0 bridgehead atoms. The Morgan fingerprint density at radius 2 is 1.91 bits per heavy atom. The topological polar surface area (TPSA) is 0 Å². The van der Waals surface area contributed by atoms with E-state index in [-0.39, 0.29) is 12.4 Å². The Bertz CT molecular complexity index is 112. The van der Waals surface area contributed by atoms with Crippen LogP contribution >= 0.6 is 0 Å². The van der Waals surface area contributed by atoms with Crippen molar-refractivity contribution in [2.45, 2.75) is 38.6 Å². The van der Waals surface area contributed by atoms with Crippen LogP contribution in [0.25, 0.3) is 0 Å². The van der Waals surface area contributed by atoms with Crippen molar-refractivity contribution in [3.8, 4) is 0 Å². The number of rotatable bonds is 1. The van der Waals surface area contributed by atoms with Crippen LogP contribution in [0.4, 0.5) is 0 Å². The summed E-state index contributed by atoms with van der Waals surface area (Å²) >= 11 is 0. The van der Waals surface area contributed by atoms with E-state index in [1.807, 2.05) is 0 Å². The minimum absolute atomic E-state index is 0. The van der Waals surface area contributed by atoms with Crippen molar-refractivity contribution in [2.75, 3.05) is 20.6 Å². The van der Waals surface area contributed by atoms with E-state index in [0.29, 0.717) is 0 Å². The summed E-state index contributed by atoms with van der Waals surface area (Å²) in [4.78, 5) is 0. The Morgan fingerprint density at radius 3 is 2.27 bits per heavy atom. The Balaban J connectivity index is 0.000001000. The molecule has 0 N–H and O–H groups in total. The van der Waals surface area contributed by atoms with E-state index in [2.05, 4.69) is 21.0 Å². The fraction of sp³-hybridized carbons (Fsp3) is 1.00. The zero-order chi connectivity index (χ0) is 7.61. The maximum absolute atomic E-state index is 2.37. The predicted molar refractivity (Wildman–Crippen MR) is 44.9 cm³/mol. The average Bonchev–Trinajstić information content (AvgIpc) is 1.87. The molecule has 68 valence electrons. The molecule has 1 aliphatic heterocycles. The second-order valence-electron chi connectivity index (χ2n) is 4.06. The SMILES string of the molecule is CCC1CCCC[N+]1(C)C.[Cl-]. The van der Waals surface area contributed by atoms with Gasteiger partial charge in [0.05, 0.1) is 26.7 Å². The molecule has 11 heavy (non-hydrogen) atoms. The second-order valence-corrected chi connectivity index (χ2v) is 4.06. The van der Waals surface area contributed by atoms with E-state index in [0.717, 1.165) is 6.04 Å². The van der Waals surface area contributed by atoms with Gasteiger partial charge in [0.2, 0.25) is 0 Å². The third-order valence-corrected chi connectivity index (χ3v) is 2.98. The Kier molecular flexibility index (Phi) is 4.42. The van der Waals surface area contributed by atoms with Gasteiger partial charge in [-0.1, -0.05) is 6.92 Å². The molecule has 1 saturated heterocycles.